The van der Waals surface area contributed by atoms with Gasteiger partial charge in [0.2, 0.25) is 0 Å². The monoisotopic (exact) mass is 276 g/mol. The van der Waals surface area contributed by atoms with Crippen molar-refractivity contribution < 1.29 is 9.90 Å². The fourth-order valence-electron chi connectivity index (χ4n) is 1.66. The van der Waals surface area contributed by atoms with Crippen molar-refractivity contribution in [2.45, 2.75) is 69.4 Å². The van der Waals surface area contributed by atoms with Gasteiger partial charge in [0.25, 0.3) is 0 Å². The van der Waals surface area contributed by atoms with E-state index in [1.165, 1.54) is 50.2 Å². The Morgan fingerprint density at radius 1 is 0.800 bits per heavy atom. The maximum absolute atomic E-state index is 10.2. The van der Waals surface area contributed by atoms with Crippen LogP contribution in [0.3, 0.4) is 0 Å². The molecule has 2 nitrogen and oxygen atoms in total. The average molecular weight is 276 g/mol. The topological polar surface area (TPSA) is 37.3 Å². The first kappa shape index (κ1) is 15.0. The van der Waals surface area contributed by atoms with Crippen LogP contribution in [0.15, 0.2) is 0 Å². The number of aliphatic carboxylic acids is 1. The van der Waals surface area contributed by atoms with Crippen molar-refractivity contribution in [3.05, 3.63) is 0 Å². The molecule has 0 aliphatic carbocycles. The molecule has 0 amide bonds. The van der Waals surface area contributed by atoms with Crippen molar-refractivity contribution in [3.8, 4) is 0 Å². The second-order valence-corrected chi connectivity index (χ2v) is 5.33. The third-order valence-corrected chi connectivity index (χ3v) is 3.45. The number of carbonyl (C=O) groups is 1. The molecule has 0 heterocycles. The first-order valence-corrected chi connectivity index (χ1v) is 7.90. The van der Waals surface area contributed by atoms with Crippen molar-refractivity contribution in [2.75, 3.05) is 0 Å². The van der Waals surface area contributed by atoms with Gasteiger partial charge in [0, 0.05) is 0 Å². The van der Waals surface area contributed by atoms with Crippen LogP contribution in [0, 0.1) is 0 Å². The second-order valence-electron chi connectivity index (χ2n) is 4.11. The number of carboxylic acids is 1. The number of rotatable bonds is 11. The molecule has 0 saturated heterocycles. The molecule has 0 aromatic carbocycles. The molecule has 15 heavy (non-hydrogen) atoms. The van der Waals surface area contributed by atoms with Crippen LogP contribution in [0.5, 0.6) is 0 Å². The fraction of sp³-hybridized carbons (Fsp3) is 0.917. The number of hydrogen-bond acceptors (Lipinski definition) is 1. The Bertz CT molecular complexity index is 149. The van der Waals surface area contributed by atoms with Crippen LogP contribution in [0.4, 0.5) is 0 Å². The zero-order valence-electron chi connectivity index (χ0n) is 9.71. The maximum atomic E-state index is 10.2. The van der Waals surface area contributed by atoms with Gasteiger partial charge in [0.05, 0.1) is 0 Å². The van der Waals surface area contributed by atoms with Gasteiger partial charge < -0.3 is 5.11 Å². The predicted octanol–water partition coefficient (Wildman–Crippen LogP) is 3.02. The summed E-state index contributed by atoms with van der Waals surface area (Å²) < 4.78 is 0. The summed E-state index contributed by atoms with van der Waals surface area (Å²) in [4.78, 5) is 10.2. The van der Waals surface area contributed by atoms with E-state index in [4.69, 9.17) is 5.11 Å². The Morgan fingerprint density at radius 2 is 1.20 bits per heavy atom. The van der Waals surface area contributed by atoms with Crippen molar-refractivity contribution in [1.29, 1.82) is 0 Å². The zero-order valence-corrected chi connectivity index (χ0v) is 12.1. The summed E-state index contributed by atoms with van der Waals surface area (Å²) in [6.07, 6.45) is 11.7. The Kier molecular flexibility index (Phi) is 12.1. The summed E-state index contributed by atoms with van der Waals surface area (Å²) in [5.74, 6) is -0.656. The van der Waals surface area contributed by atoms with E-state index in [9.17, 15) is 4.79 Å². The Hall–Kier alpha value is 0.0284. The quantitative estimate of drug-likeness (QED) is 0.465. The van der Waals surface area contributed by atoms with Crippen LogP contribution in [0.1, 0.15) is 64.2 Å². The zero-order chi connectivity index (χ0) is 11.4. The van der Waals surface area contributed by atoms with Crippen LogP contribution in [0.25, 0.3) is 0 Å². The van der Waals surface area contributed by atoms with Crippen LogP contribution >= 0.6 is 0 Å². The van der Waals surface area contributed by atoms with Gasteiger partial charge in [-0.15, -0.1) is 0 Å². The summed E-state index contributed by atoms with van der Waals surface area (Å²) in [6.45, 7) is 0. The third-order valence-electron chi connectivity index (χ3n) is 2.59. The third kappa shape index (κ3) is 14.0. The van der Waals surface area contributed by atoms with Crippen LogP contribution in [-0.4, -0.2) is 27.9 Å². The molecule has 90 valence electrons. The van der Waals surface area contributed by atoms with Crippen LogP contribution < -0.4 is 0 Å². The molecule has 0 aliphatic rings. The van der Waals surface area contributed by atoms with Crippen molar-refractivity contribution in [2.24, 2.45) is 0 Å². The molecule has 0 saturated carbocycles. The Balaban J connectivity index is 2.89. The van der Waals surface area contributed by atoms with Crippen molar-refractivity contribution >= 4 is 22.8 Å². The van der Waals surface area contributed by atoms with Crippen molar-refractivity contribution in [3.63, 3.8) is 0 Å². The molecule has 1 N–H and O–H groups in total. The molecular weight excluding hydrogens is 251 g/mol. The second kappa shape index (κ2) is 12.1. The Morgan fingerprint density at radius 3 is 1.60 bits per heavy atom. The fourth-order valence-corrected chi connectivity index (χ4v) is 2.26. The minimum absolute atomic E-state index is 0.345. The van der Waals surface area contributed by atoms with E-state index in [1.54, 1.807) is 0 Å². The van der Waals surface area contributed by atoms with E-state index in [0.717, 1.165) is 12.8 Å². The number of carboxylic acid groups (broad SMARTS) is 1. The van der Waals surface area contributed by atoms with Crippen molar-refractivity contribution in [1.82, 2.24) is 0 Å². The van der Waals surface area contributed by atoms with E-state index in [-0.39, 0.29) is 0 Å². The molecule has 0 bridgehead atoms. The molecule has 0 radical (unpaired) electrons. The van der Waals surface area contributed by atoms with Crippen LogP contribution in [-0.2, 0) is 4.79 Å². The van der Waals surface area contributed by atoms with Gasteiger partial charge in [-0.2, -0.15) is 0 Å². The SMILES string of the molecule is O=C(O)CCCCCCCCCCC[AsH2]. The summed E-state index contributed by atoms with van der Waals surface area (Å²) in [5.41, 5.74) is 0. The van der Waals surface area contributed by atoms with Gasteiger partial charge in [-0.1, -0.05) is 0 Å². The number of hydrogen-bond donors (Lipinski definition) is 1. The summed E-state index contributed by atoms with van der Waals surface area (Å²) in [6, 6.07) is 0. The summed E-state index contributed by atoms with van der Waals surface area (Å²) in [7, 11) is 0. The normalized spacial score (nSPS) is 10.5. The van der Waals surface area contributed by atoms with Gasteiger partial charge in [-0.25, -0.2) is 0 Å². The van der Waals surface area contributed by atoms with E-state index >= 15 is 0 Å². The first-order chi connectivity index (χ1) is 7.27. The molecule has 1 atom stereocenters. The number of unbranched alkanes of at least 4 members (excludes halogenated alkanes) is 8. The van der Waals surface area contributed by atoms with E-state index < -0.39 is 5.97 Å². The molecule has 3 heteroatoms. The van der Waals surface area contributed by atoms with Gasteiger partial charge in [-0.05, 0) is 0 Å². The molecule has 0 fully saturated rings. The molecule has 0 aromatic heterocycles. The molecule has 1 unspecified atom stereocenters. The first-order valence-electron chi connectivity index (χ1n) is 6.19. The standard InChI is InChI=1S/C12H25AsO2/c13-11-9-7-5-3-1-2-4-6-8-10-12(14)15/h1-11,13H2,(H,14,15). The summed E-state index contributed by atoms with van der Waals surface area (Å²) >= 11 is 1.84. The molecule has 0 aliphatic heterocycles. The Labute approximate surface area is 102 Å². The molecule has 0 spiro atoms. The van der Waals surface area contributed by atoms with Gasteiger partial charge in [0.15, 0.2) is 0 Å². The van der Waals surface area contributed by atoms with Gasteiger partial charge >= 0.3 is 92.2 Å². The van der Waals surface area contributed by atoms with Gasteiger partial charge in [0.1, 0.15) is 0 Å². The van der Waals surface area contributed by atoms with Gasteiger partial charge in [-0.3, -0.25) is 4.79 Å². The molecule has 0 rings (SSSR count). The minimum atomic E-state index is -0.656. The summed E-state index contributed by atoms with van der Waals surface area (Å²) in [5, 5.41) is 9.82. The molecular formula is C12H25AsO2. The van der Waals surface area contributed by atoms with E-state index in [2.05, 4.69) is 0 Å². The van der Waals surface area contributed by atoms with E-state index in [0.29, 0.717) is 6.42 Å². The van der Waals surface area contributed by atoms with Crippen LogP contribution in [0.2, 0.25) is 5.21 Å². The molecule has 0 aromatic rings. The van der Waals surface area contributed by atoms with E-state index in [1.807, 2.05) is 16.9 Å². The average Bonchev–Trinajstić information content (AvgIpc) is 2.20. The predicted molar refractivity (Wildman–Crippen MR) is 67.2 cm³/mol.